The third-order valence-corrected chi connectivity index (χ3v) is 7.13. The molecule has 30 heavy (non-hydrogen) atoms. The Kier molecular flexibility index (Phi) is 7.25. The van der Waals surface area contributed by atoms with Gasteiger partial charge in [-0.05, 0) is 43.7 Å². The van der Waals surface area contributed by atoms with Crippen LogP contribution in [0.5, 0.6) is 0 Å². The second-order valence-electron chi connectivity index (χ2n) is 7.23. The topological polar surface area (TPSA) is 82.1 Å². The maximum atomic E-state index is 12.8. The number of benzene rings is 2. The summed E-state index contributed by atoms with van der Waals surface area (Å²) >= 11 is 5.88. The van der Waals surface area contributed by atoms with Gasteiger partial charge in [-0.15, -0.1) is 0 Å². The van der Waals surface area contributed by atoms with E-state index in [2.05, 4.69) is 10.5 Å². The molecule has 1 aliphatic heterocycles. The number of nitrogens with zero attached hydrogens (tertiary/aromatic N) is 3. The van der Waals surface area contributed by atoms with Crippen molar-refractivity contribution in [3.05, 3.63) is 64.7 Å². The fourth-order valence-electron chi connectivity index (χ4n) is 3.13. The number of sulfonamides is 1. The zero-order valence-electron chi connectivity index (χ0n) is 17.0. The van der Waals surface area contributed by atoms with Crippen molar-refractivity contribution in [1.82, 2.24) is 14.6 Å². The maximum absolute atomic E-state index is 12.8. The number of rotatable bonds is 6. The lowest BCUT2D eigenvalue weighted by atomic mass is 10.1. The van der Waals surface area contributed by atoms with Gasteiger partial charge in [0.1, 0.15) is 0 Å². The van der Waals surface area contributed by atoms with E-state index in [0.29, 0.717) is 41.8 Å². The van der Waals surface area contributed by atoms with Crippen LogP contribution in [0.15, 0.2) is 58.5 Å². The van der Waals surface area contributed by atoms with Gasteiger partial charge in [0.2, 0.25) is 10.0 Å². The maximum Gasteiger partial charge on any atom is 0.254 e. The molecule has 0 aromatic heterocycles. The highest BCUT2D eigenvalue weighted by Crippen LogP contribution is 2.18. The summed E-state index contributed by atoms with van der Waals surface area (Å²) in [5.74, 6) is -0.238. The third kappa shape index (κ3) is 5.66. The highest BCUT2D eigenvalue weighted by molar-refractivity contribution is 7.89. The largest absolute Gasteiger partial charge is 0.292 e. The molecule has 0 unspecified atom stereocenters. The minimum absolute atomic E-state index is 0.163. The first-order chi connectivity index (χ1) is 14.3. The molecule has 0 aliphatic carbocycles. The fraction of sp³-hybridized carbons (Fsp3) is 0.333. The van der Waals surface area contributed by atoms with E-state index in [4.69, 9.17) is 11.6 Å². The van der Waals surface area contributed by atoms with Crippen molar-refractivity contribution in [3.8, 4) is 0 Å². The number of carbonyl (C=O) groups is 1. The average molecular weight is 449 g/mol. The smallest absolute Gasteiger partial charge is 0.254 e. The van der Waals surface area contributed by atoms with Crippen LogP contribution in [0.25, 0.3) is 0 Å². The number of hydrogen-bond donors (Lipinski definition) is 1. The standard InChI is InChI=1S/C21H25ClN4O3S/c1-16-3-9-20(10-4-16)30(28,29)26-13-11-25(12-14-26)15-21(27)24-23-17(2)18-5-7-19(22)8-6-18/h3-10H,11-15H2,1-2H3,(H,24,27)/b23-17+. The molecule has 1 saturated heterocycles. The molecule has 9 heteroatoms. The lowest BCUT2D eigenvalue weighted by Crippen LogP contribution is -2.50. The lowest BCUT2D eigenvalue weighted by molar-refractivity contribution is -0.122. The number of hydrogen-bond acceptors (Lipinski definition) is 5. The Balaban J connectivity index is 1.50. The zero-order valence-corrected chi connectivity index (χ0v) is 18.6. The van der Waals surface area contributed by atoms with Crippen LogP contribution in [-0.4, -0.2) is 62.0 Å². The predicted octanol–water partition coefficient (Wildman–Crippen LogP) is 2.50. The first-order valence-electron chi connectivity index (χ1n) is 9.64. The molecule has 1 aliphatic rings. The summed E-state index contributed by atoms with van der Waals surface area (Å²) in [6.07, 6.45) is 0. The number of nitrogens with one attached hydrogen (secondary N) is 1. The summed E-state index contributed by atoms with van der Waals surface area (Å²) in [7, 11) is -3.51. The van der Waals surface area contributed by atoms with Crippen molar-refractivity contribution >= 4 is 33.2 Å². The minimum Gasteiger partial charge on any atom is -0.292 e. The molecular formula is C21H25ClN4O3S. The Morgan fingerprint density at radius 1 is 1.03 bits per heavy atom. The van der Waals surface area contributed by atoms with Gasteiger partial charge < -0.3 is 0 Å². The molecule has 0 saturated carbocycles. The predicted molar refractivity (Wildman–Crippen MR) is 118 cm³/mol. The van der Waals surface area contributed by atoms with E-state index in [1.54, 1.807) is 43.3 Å². The molecule has 1 fully saturated rings. The monoisotopic (exact) mass is 448 g/mol. The van der Waals surface area contributed by atoms with E-state index >= 15 is 0 Å². The van der Waals surface area contributed by atoms with Gasteiger partial charge in [0.05, 0.1) is 17.2 Å². The SMILES string of the molecule is C/C(=N\NC(=O)CN1CCN(S(=O)(=O)c2ccc(C)cc2)CC1)c1ccc(Cl)cc1. The molecule has 0 spiro atoms. The Bertz CT molecular complexity index is 1010. The zero-order chi connectivity index (χ0) is 21.7. The summed E-state index contributed by atoms with van der Waals surface area (Å²) in [5.41, 5.74) is 5.12. The third-order valence-electron chi connectivity index (χ3n) is 4.97. The molecule has 0 bridgehead atoms. The molecule has 1 N–H and O–H groups in total. The van der Waals surface area contributed by atoms with Crippen LogP contribution in [0.3, 0.4) is 0 Å². The summed E-state index contributed by atoms with van der Waals surface area (Å²) in [6.45, 7) is 5.54. The second-order valence-corrected chi connectivity index (χ2v) is 9.61. The minimum atomic E-state index is -3.51. The van der Waals surface area contributed by atoms with Gasteiger partial charge in [-0.1, -0.05) is 41.4 Å². The molecule has 0 atom stereocenters. The van der Waals surface area contributed by atoms with E-state index in [1.165, 1.54) is 4.31 Å². The Morgan fingerprint density at radius 3 is 2.23 bits per heavy atom. The Hall–Kier alpha value is -2.26. The molecular weight excluding hydrogens is 424 g/mol. The molecule has 160 valence electrons. The van der Waals surface area contributed by atoms with Gasteiger partial charge in [-0.3, -0.25) is 9.69 Å². The summed E-state index contributed by atoms with van der Waals surface area (Å²) < 4.78 is 27.0. The van der Waals surface area contributed by atoms with Crippen LogP contribution in [0.1, 0.15) is 18.1 Å². The molecule has 2 aromatic rings. The van der Waals surface area contributed by atoms with Crippen LogP contribution in [0.4, 0.5) is 0 Å². The number of carbonyl (C=O) groups excluding carboxylic acids is 1. The van der Waals surface area contributed by atoms with Gasteiger partial charge >= 0.3 is 0 Å². The van der Waals surface area contributed by atoms with Gasteiger partial charge in [0.15, 0.2) is 0 Å². The van der Waals surface area contributed by atoms with Crippen molar-refractivity contribution in [2.24, 2.45) is 5.10 Å². The first-order valence-corrected chi connectivity index (χ1v) is 11.5. The van der Waals surface area contributed by atoms with Crippen molar-refractivity contribution in [2.45, 2.75) is 18.7 Å². The van der Waals surface area contributed by atoms with E-state index in [9.17, 15) is 13.2 Å². The van der Waals surface area contributed by atoms with Crippen molar-refractivity contribution in [3.63, 3.8) is 0 Å². The first kappa shape index (κ1) is 22.4. The molecule has 1 heterocycles. The fourth-order valence-corrected chi connectivity index (χ4v) is 4.68. The normalized spacial score (nSPS) is 16.4. The molecule has 3 rings (SSSR count). The van der Waals surface area contributed by atoms with Crippen molar-refractivity contribution < 1.29 is 13.2 Å². The van der Waals surface area contributed by atoms with Crippen molar-refractivity contribution in [2.75, 3.05) is 32.7 Å². The average Bonchev–Trinajstić information content (AvgIpc) is 2.73. The molecule has 2 aromatic carbocycles. The van der Waals surface area contributed by atoms with Gasteiger partial charge in [-0.2, -0.15) is 9.41 Å². The van der Waals surface area contributed by atoms with E-state index in [1.807, 2.05) is 24.0 Å². The number of aryl methyl sites for hydroxylation is 1. The Morgan fingerprint density at radius 2 is 1.63 bits per heavy atom. The van der Waals surface area contributed by atoms with Gasteiger partial charge in [-0.25, -0.2) is 13.8 Å². The van der Waals surface area contributed by atoms with Gasteiger partial charge in [0.25, 0.3) is 5.91 Å². The van der Waals surface area contributed by atoms with Crippen LogP contribution < -0.4 is 5.43 Å². The van der Waals surface area contributed by atoms with Crippen LogP contribution in [-0.2, 0) is 14.8 Å². The van der Waals surface area contributed by atoms with Crippen LogP contribution in [0, 0.1) is 6.92 Å². The molecule has 0 radical (unpaired) electrons. The summed E-state index contributed by atoms with van der Waals surface area (Å²) in [5, 5.41) is 4.77. The van der Waals surface area contributed by atoms with E-state index < -0.39 is 10.0 Å². The Labute approximate surface area is 182 Å². The van der Waals surface area contributed by atoms with Gasteiger partial charge in [0, 0.05) is 31.2 Å². The number of halogens is 1. The molecule has 1 amide bonds. The molecule has 7 nitrogen and oxygen atoms in total. The quantitative estimate of drug-likeness (QED) is 0.543. The lowest BCUT2D eigenvalue weighted by Gasteiger charge is -2.33. The number of piperazine rings is 1. The summed E-state index contributed by atoms with van der Waals surface area (Å²) in [4.78, 5) is 14.4. The van der Waals surface area contributed by atoms with E-state index in [-0.39, 0.29) is 12.5 Å². The van der Waals surface area contributed by atoms with Crippen LogP contribution in [0.2, 0.25) is 5.02 Å². The summed E-state index contributed by atoms with van der Waals surface area (Å²) in [6, 6.07) is 14.0. The highest BCUT2D eigenvalue weighted by Gasteiger charge is 2.28. The second kappa shape index (κ2) is 9.70. The van der Waals surface area contributed by atoms with Crippen LogP contribution >= 0.6 is 11.6 Å². The van der Waals surface area contributed by atoms with Crippen molar-refractivity contribution in [1.29, 1.82) is 0 Å². The number of amides is 1. The van der Waals surface area contributed by atoms with E-state index in [0.717, 1.165) is 11.1 Å². The number of hydrazone groups is 1. The highest BCUT2D eigenvalue weighted by atomic mass is 35.5.